The Labute approximate surface area is 121 Å². The van der Waals surface area contributed by atoms with E-state index in [4.69, 9.17) is 0 Å². The monoisotopic (exact) mass is 294 g/mol. The second kappa shape index (κ2) is 8.23. The second-order valence-corrected chi connectivity index (χ2v) is 6.62. The van der Waals surface area contributed by atoms with E-state index in [0.717, 1.165) is 26.2 Å². The molecule has 5 heteroatoms. The van der Waals surface area contributed by atoms with E-state index in [2.05, 4.69) is 31.1 Å². The molecule has 0 heterocycles. The Morgan fingerprint density at radius 1 is 1.15 bits per heavy atom. The molecule has 120 valence electrons. The summed E-state index contributed by atoms with van der Waals surface area (Å²) < 4.78 is 37.7. The van der Waals surface area contributed by atoms with Crippen LogP contribution in [0.3, 0.4) is 0 Å². The van der Waals surface area contributed by atoms with Crippen LogP contribution in [0.5, 0.6) is 0 Å². The zero-order valence-corrected chi connectivity index (χ0v) is 13.0. The summed E-state index contributed by atoms with van der Waals surface area (Å²) in [6, 6.07) is 0. The normalized spacial score (nSPS) is 24.6. The minimum absolute atomic E-state index is 0.313. The summed E-state index contributed by atoms with van der Waals surface area (Å²) in [6.45, 7) is 8.21. The molecule has 0 bridgehead atoms. The summed E-state index contributed by atoms with van der Waals surface area (Å²) in [5, 5.41) is 3.39. The molecule has 2 nitrogen and oxygen atoms in total. The zero-order chi connectivity index (χ0) is 15.2. The highest BCUT2D eigenvalue weighted by atomic mass is 19.4. The van der Waals surface area contributed by atoms with Crippen molar-refractivity contribution in [2.75, 3.05) is 33.2 Å². The van der Waals surface area contributed by atoms with E-state index in [0.29, 0.717) is 37.5 Å². The van der Waals surface area contributed by atoms with E-state index in [1.54, 1.807) is 0 Å². The summed E-state index contributed by atoms with van der Waals surface area (Å²) in [7, 11) is 2.06. The fourth-order valence-electron chi connectivity index (χ4n) is 2.87. The van der Waals surface area contributed by atoms with E-state index in [1.165, 1.54) is 0 Å². The molecule has 0 atom stereocenters. The fraction of sp³-hybridized carbons (Fsp3) is 1.00. The highest BCUT2D eigenvalue weighted by molar-refractivity contribution is 4.78. The van der Waals surface area contributed by atoms with Crippen molar-refractivity contribution in [3.05, 3.63) is 0 Å². The minimum atomic E-state index is -3.99. The van der Waals surface area contributed by atoms with Crippen LogP contribution in [-0.4, -0.2) is 44.3 Å². The van der Waals surface area contributed by atoms with Crippen LogP contribution in [0.1, 0.15) is 39.5 Å². The first-order chi connectivity index (χ1) is 9.29. The molecule has 0 aromatic carbocycles. The number of halogens is 3. The first-order valence-electron chi connectivity index (χ1n) is 7.75. The topological polar surface area (TPSA) is 15.3 Å². The molecule has 20 heavy (non-hydrogen) atoms. The predicted octanol–water partition coefficient (Wildman–Crippen LogP) is 3.53. The minimum Gasteiger partial charge on any atom is -0.315 e. The number of hydrogen-bond acceptors (Lipinski definition) is 2. The van der Waals surface area contributed by atoms with Crippen LogP contribution in [-0.2, 0) is 0 Å². The van der Waals surface area contributed by atoms with Gasteiger partial charge in [-0.2, -0.15) is 13.2 Å². The Kier molecular flexibility index (Phi) is 7.30. The molecule has 0 saturated heterocycles. The number of likely N-dealkylation sites (N-methyl/N-ethyl adjacent to an activating group) is 1. The van der Waals surface area contributed by atoms with Crippen molar-refractivity contribution in [3.63, 3.8) is 0 Å². The Balaban J connectivity index is 2.13. The van der Waals surface area contributed by atoms with E-state index >= 15 is 0 Å². The molecule has 0 unspecified atom stereocenters. The van der Waals surface area contributed by atoms with Gasteiger partial charge in [-0.05, 0) is 51.1 Å². The quantitative estimate of drug-likeness (QED) is 0.723. The predicted molar refractivity (Wildman–Crippen MR) is 76.7 cm³/mol. The van der Waals surface area contributed by atoms with E-state index < -0.39 is 12.1 Å². The first-order valence-corrected chi connectivity index (χ1v) is 7.75. The second-order valence-electron chi connectivity index (χ2n) is 6.62. The number of hydrogen-bond donors (Lipinski definition) is 1. The largest absolute Gasteiger partial charge is 0.391 e. The Morgan fingerprint density at radius 3 is 2.25 bits per heavy atom. The fourth-order valence-corrected chi connectivity index (χ4v) is 2.87. The van der Waals surface area contributed by atoms with Crippen molar-refractivity contribution in [3.8, 4) is 0 Å². The van der Waals surface area contributed by atoms with Crippen molar-refractivity contribution < 1.29 is 13.2 Å². The van der Waals surface area contributed by atoms with Crippen molar-refractivity contribution in [2.24, 2.45) is 17.8 Å². The van der Waals surface area contributed by atoms with Crippen molar-refractivity contribution in [2.45, 2.75) is 45.7 Å². The van der Waals surface area contributed by atoms with E-state index in [1.807, 2.05) is 0 Å². The van der Waals surface area contributed by atoms with E-state index in [-0.39, 0.29) is 0 Å². The SMILES string of the molecule is CC(C)CNCCN(C)CC1CCC(C(F)(F)F)CC1. The first kappa shape index (κ1) is 17.8. The molecule has 1 saturated carbocycles. The highest BCUT2D eigenvalue weighted by Crippen LogP contribution is 2.39. The molecule has 0 spiro atoms. The highest BCUT2D eigenvalue weighted by Gasteiger charge is 2.41. The molecule has 0 radical (unpaired) electrons. The average molecular weight is 294 g/mol. The molecule has 1 N–H and O–H groups in total. The van der Waals surface area contributed by atoms with Gasteiger partial charge in [0.25, 0.3) is 0 Å². The Bertz CT molecular complexity index is 258. The summed E-state index contributed by atoms with van der Waals surface area (Å²) >= 11 is 0. The maximum atomic E-state index is 12.6. The average Bonchev–Trinajstić information content (AvgIpc) is 2.34. The van der Waals surface area contributed by atoms with Gasteiger partial charge in [0.1, 0.15) is 0 Å². The van der Waals surface area contributed by atoms with E-state index in [9.17, 15) is 13.2 Å². The van der Waals surface area contributed by atoms with Crippen LogP contribution in [0.25, 0.3) is 0 Å². The molecule has 1 fully saturated rings. The zero-order valence-electron chi connectivity index (χ0n) is 13.0. The van der Waals surface area contributed by atoms with Gasteiger partial charge in [0.15, 0.2) is 0 Å². The van der Waals surface area contributed by atoms with Gasteiger partial charge < -0.3 is 10.2 Å². The molecular weight excluding hydrogens is 265 g/mol. The number of nitrogens with one attached hydrogen (secondary N) is 1. The number of nitrogens with zero attached hydrogens (tertiary/aromatic N) is 1. The third-order valence-electron chi connectivity index (χ3n) is 4.10. The van der Waals surface area contributed by atoms with Gasteiger partial charge >= 0.3 is 6.18 Å². The Morgan fingerprint density at radius 2 is 1.75 bits per heavy atom. The van der Waals surface area contributed by atoms with Gasteiger partial charge in [-0.25, -0.2) is 0 Å². The molecule has 0 aromatic heterocycles. The summed E-state index contributed by atoms with van der Waals surface area (Å²) in [4.78, 5) is 2.24. The van der Waals surface area contributed by atoms with Crippen LogP contribution < -0.4 is 5.32 Å². The van der Waals surface area contributed by atoms with Crippen LogP contribution in [0.15, 0.2) is 0 Å². The lowest BCUT2D eigenvalue weighted by Gasteiger charge is -2.32. The van der Waals surface area contributed by atoms with Crippen LogP contribution >= 0.6 is 0 Å². The molecule has 0 amide bonds. The maximum Gasteiger partial charge on any atom is 0.391 e. The van der Waals surface area contributed by atoms with Gasteiger partial charge in [0.2, 0.25) is 0 Å². The summed E-state index contributed by atoms with van der Waals surface area (Å²) in [6.07, 6.45) is -1.93. The maximum absolute atomic E-state index is 12.6. The van der Waals surface area contributed by atoms with Crippen LogP contribution in [0.4, 0.5) is 13.2 Å². The molecular formula is C15H29F3N2. The van der Waals surface area contributed by atoms with Crippen molar-refractivity contribution >= 4 is 0 Å². The summed E-state index contributed by atoms with van der Waals surface area (Å²) in [5.74, 6) is 0.0263. The van der Waals surface area contributed by atoms with Gasteiger partial charge in [0.05, 0.1) is 5.92 Å². The standard InChI is InChI=1S/C15H29F3N2/c1-12(2)10-19-8-9-20(3)11-13-4-6-14(7-5-13)15(16,17)18/h12-14,19H,4-11H2,1-3H3. The number of alkyl halides is 3. The van der Waals surface area contributed by atoms with Gasteiger partial charge in [0, 0.05) is 19.6 Å². The smallest absolute Gasteiger partial charge is 0.315 e. The lowest BCUT2D eigenvalue weighted by atomic mass is 9.81. The van der Waals surface area contributed by atoms with Crippen molar-refractivity contribution in [1.82, 2.24) is 10.2 Å². The van der Waals surface area contributed by atoms with Gasteiger partial charge in [-0.1, -0.05) is 13.8 Å². The molecule has 0 aromatic rings. The molecule has 0 aliphatic heterocycles. The van der Waals surface area contributed by atoms with Gasteiger partial charge in [-0.15, -0.1) is 0 Å². The summed E-state index contributed by atoms with van der Waals surface area (Å²) in [5.41, 5.74) is 0. The van der Waals surface area contributed by atoms with Crippen LogP contribution in [0.2, 0.25) is 0 Å². The third-order valence-corrected chi connectivity index (χ3v) is 4.10. The molecule has 1 aliphatic rings. The number of rotatable bonds is 7. The molecule has 1 aliphatic carbocycles. The third kappa shape index (κ3) is 6.93. The lowest BCUT2D eigenvalue weighted by Crippen LogP contribution is -2.36. The Hall–Kier alpha value is -0.290. The lowest BCUT2D eigenvalue weighted by molar-refractivity contribution is -0.184. The molecule has 1 rings (SSSR count). The van der Waals surface area contributed by atoms with Crippen LogP contribution in [0, 0.1) is 17.8 Å². The van der Waals surface area contributed by atoms with Gasteiger partial charge in [-0.3, -0.25) is 0 Å². The van der Waals surface area contributed by atoms with Crippen molar-refractivity contribution in [1.29, 1.82) is 0 Å².